The van der Waals surface area contributed by atoms with Gasteiger partial charge in [0, 0.05) is 19.2 Å². The van der Waals surface area contributed by atoms with Crippen molar-refractivity contribution in [3.63, 3.8) is 0 Å². The van der Waals surface area contributed by atoms with Gasteiger partial charge in [-0.15, -0.1) is 25.6 Å². The summed E-state index contributed by atoms with van der Waals surface area (Å²) in [5, 5.41) is 0.348. The van der Waals surface area contributed by atoms with Gasteiger partial charge in [-0.25, -0.2) is 4.98 Å². The summed E-state index contributed by atoms with van der Waals surface area (Å²) in [5.41, 5.74) is 0.741. The number of aromatic nitrogens is 1. The van der Waals surface area contributed by atoms with Gasteiger partial charge in [0.05, 0.1) is 30.0 Å². The number of hydrogen-bond acceptors (Lipinski definition) is 7. The van der Waals surface area contributed by atoms with E-state index < -0.39 is 6.36 Å². The number of halogens is 4. The average molecular weight is 506 g/mol. The van der Waals surface area contributed by atoms with Gasteiger partial charge in [-0.2, -0.15) is 0 Å². The van der Waals surface area contributed by atoms with Crippen molar-refractivity contribution in [1.29, 1.82) is 0 Å². The summed E-state index contributed by atoms with van der Waals surface area (Å²) in [4.78, 5) is 21.4. The summed E-state index contributed by atoms with van der Waals surface area (Å²) >= 11 is 1.10. The van der Waals surface area contributed by atoms with Crippen LogP contribution >= 0.6 is 23.7 Å². The lowest BCUT2D eigenvalue weighted by Gasteiger charge is -2.23. The molecule has 1 aromatic heterocycles. The van der Waals surface area contributed by atoms with Crippen molar-refractivity contribution in [1.82, 2.24) is 9.88 Å². The van der Waals surface area contributed by atoms with E-state index in [4.69, 9.17) is 9.47 Å². The lowest BCUT2D eigenvalue weighted by molar-refractivity contribution is -0.274. The van der Waals surface area contributed by atoms with Gasteiger partial charge in [-0.3, -0.25) is 9.69 Å². The van der Waals surface area contributed by atoms with Crippen LogP contribution in [0.15, 0.2) is 36.4 Å². The zero-order valence-corrected chi connectivity index (χ0v) is 19.9. The van der Waals surface area contributed by atoms with Crippen LogP contribution in [0.3, 0.4) is 0 Å². The van der Waals surface area contributed by atoms with E-state index in [0.717, 1.165) is 11.3 Å². The minimum atomic E-state index is -4.79. The van der Waals surface area contributed by atoms with Crippen molar-refractivity contribution in [3.8, 4) is 17.2 Å². The van der Waals surface area contributed by atoms with Crippen molar-refractivity contribution in [2.45, 2.75) is 6.36 Å². The zero-order chi connectivity index (χ0) is 23.5. The zero-order valence-electron chi connectivity index (χ0n) is 18.3. The molecule has 3 aromatic rings. The number of carbonyl (C=O) groups excluding carboxylic acids is 1. The fraction of sp³-hybridized carbons (Fsp3) is 0.333. The first kappa shape index (κ1) is 26.5. The molecule has 0 aliphatic rings. The second-order valence-electron chi connectivity index (χ2n) is 7.00. The third-order valence-electron chi connectivity index (χ3n) is 4.47. The lowest BCUT2D eigenvalue weighted by atomic mass is 10.1. The Labute approximate surface area is 199 Å². The maximum atomic E-state index is 13.5. The minimum Gasteiger partial charge on any atom is -0.497 e. The number of hydrogen-bond donors (Lipinski definition) is 0. The minimum absolute atomic E-state index is 0. The van der Waals surface area contributed by atoms with E-state index in [1.54, 1.807) is 18.2 Å². The average Bonchev–Trinajstić information content (AvgIpc) is 3.14. The van der Waals surface area contributed by atoms with Crippen LogP contribution in [0.1, 0.15) is 10.4 Å². The molecule has 0 atom stereocenters. The number of methoxy groups -OCH3 is 2. The number of anilines is 1. The van der Waals surface area contributed by atoms with Crippen LogP contribution in [0.5, 0.6) is 17.2 Å². The van der Waals surface area contributed by atoms with Crippen molar-refractivity contribution in [2.75, 3.05) is 46.3 Å². The van der Waals surface area contributed by atoms with Gasteiger partial charge in [-0.05, 0) is 44.4 Å². The molecule has 0 spiro atoms. The number of thiazole rings is 1. The molecular weight excluding hydrogens is 483 g/mol. The Balaban J connectivity index is 0.00000385. The van der Waals surface area contributed by atoms with E-state index in [0.29, 0.717) is 39.9 Å². The molecule has 0 fully saturated rings. The Bertz CT molecular complexity index is 1110. The third kappa shape index (κ3) is 6.62. The van der Waals surface area contributed by atoms with Crippen LogP contribution in [-0.2, 0) is 0 Å². The number of amides is 1. The monoisotopic (exact) mass is 505 g/mol. The number of rotatable bonds is 8. The van der Waals surface area contributed by atoms with E-state index in [9.17, 15) is 18.0 Å². The Morgan fingerprint density at radius 1 is 1.03 bits per heavy atom. The van der Waals surface area contributed by atoms with E-state index in [2.05, 4.69) is 9.72 Å². The van der Waals surface area contributed by atoms with Gasteiger partial charge in [0.15, 0.2) is 5.13 Å². The normalized spacial score (nSPS) is 11.3. The quantitative estimate of drug-likeness (QED) is 0.436. The van der Waals surface area contributed by atoms with Crippen molar-refractivity contribution in [2.24, 2.45) is 0 Å². The first-order valence-electron chi connectivity index (χ1n) is 9.46. The molecule has 2 aromatic carbocycles. The van der Waals surface area contributed by atoms with E-state index in [-0.39, 0.29) is 29.6 Å². The van der Waals surface area contributed by atoms with Crippen molar-refractivity contribution in [3.05, 3.63) is 42.0 Å². The molecule has 0 aliphatic heterocycles. The lowest BCUT2D eigenvalue weighted by Crippen LogP contribution is -2.37. The summed E-state index contributed by atoms with van der Waals surface area (Å²) in [6.07, 6.45) is -4.79. The first-order valence-corrected chi connectivity index (χ1v) is 10.3. The number of alkyl halides is 3. The Hall–Kier alpha value is -2.76. The molecule has 3 rings (SSSR count). The molecular formula is C21H23ClF3N3O4S. The molecule has 7 nitrogen and oxygen atoms in total. The van der Waals surface area contributed by atoms with Crippen molar-refractivity contribution >= 4 is 45.0 Å². The molecule has 0 saturated heterocycles. The summed E-state index contributed by atoms with van der Waals surface area (Å²) < 4.78 is 52.7. The molecule has 0 bridgehead atoms. The Morgan fingerprint density at radius 2 is 1.73 bits per heavy atom. The molecule has 180 valence electrons. The van der Waals surface area contributed by atoms with E-state index in [1.807, 2.05) is 19.0 Å². The molecule has 0 aliphatic carbocycles. The highest BCUT2D eigenvalue weighted by Gasteiger charge is 2.31. The predicted molar refractivity (Wildman–Crippen MR) is 123 cm³/mol. The van der Waals surface area contributed by atoms with Crippen LogP contribution < -0.4 is 19.1 Å². The fourth-order valence-electron chi connectivity index (χ4n) is 2.92. The summed E-state index contributed by atoms with van der Waals surface area (Å²) in [6, 6.07) is 8.76. The predicted octanol–water partition coefficient (Wildman–Crippen LogP) is 4.84. The number of nitrogens with zero attached hydrogens (tertiary/aromatic N) is 3. The fourth-order valence-corrected chi connectivity index (χ4v) is 3.93. The summed E-state index contributed by atoms with van der Waals surface area (Å²) in [5.74, 6) is 0.141. The highest BCUT2D eigenvalue weighted by Crippen LogP contribution is 2.35. The topological polar surface area (TPSA) is 64.1 Å². The molecule has 0 saturated carbocycles. The summed E-state index contributed by atoms with van der Waals surface area (Å²) in [7, 11) is 6.69. The second-order valence-corrected chi connectivity index (χ2v) is 8.01. The largest absolute Gasteiger partial charge is 0.573 e. The van der Waals surface area contributed by atoms with Gasteiger partial charge in [-0.1, -0.05) is 11.3 Å². The van der Waals surface area contributed by atoms with Gasteiger partial charge < -0.3 is 19.1 Å². The van der Waals surface area contributed by atoms with Crippen LogP contribution in [0.25, 0.3) is 10.2 Å². The Morgan fingerprint density at radius 3 is 2.33 bits per heavy atom. The standard InChI is InChI=1S/C21H22F3N3O4S.ClH/c1-26(2)9-10-27(19(28)15-11-13(29-3)6-8-17(15)30-4)20-25-16-7-5-14(12-18(16)32-20)31-21(22,23)24;/h5-8,11-12H,9-10H2,1-4H3;1H. The van der Waals surface area contributed by atoms with Crippen LogP contribution in [0.2, 0.25) is 0 Å². The number of ether oxygens (including phenoxy) is 3. The maximum absolute atomic E-state index is 13.5. The molecule has 33 heavy (non-hydrogen) atoms. The van der Waals surface area contributed by atoms with Crippen LogP contribution in [0.4, 0.5) is 18.3 Å². The van der Waals surface area contributed by atoms with Gasteiger partial charge in [0.25, 0.3) is 5.91 Å². The molecule has 1 heterocycles. The number of fused-ring (bicyclic) bond motifs is 1. The highest BCUT2D eigenvalue weighted by atomic mass is 35.5. The smallest absolute Gasteiger partial charge is 0.497 e. The Kier molecular flexibility index (Phi) is 8.76. The number of carbonyl (C=O) groups is 1. The number of benzene rings is 2. The van der Waals surface area contributed by atoms with E-state index >= 15 is 0 Å². The molecule has 1 amide bonds. The first-order chi connectivity index (χ1) is 15.1. The van der Waals surface area contributed by atoms with Gasteiger partial charge in [0.1, 0.15) is 17.2 Å². The third-order valence-corrected chi connectivity index (χ3v) is 5.51. The van der Waals surface area contributed by atoms with Crippen LogP contribution in [-0.4, -0.2) is 63.6 Å². The number of likely N-dealkylation sites (N-methyl/N-ethyl adjacent to an activating group) is 1. The van der Waals surface area contributed by atoms with Crippen molar-refractivity contribution < 1.29 is 32.2 Å². The molecule has 0 N–H and O–H groups in total. The van der Waals surface area contributed by atoms with Gasteiger partial charge in [0.2, 0.25) is 0 Å². The molecule has 12 heteroatoms. The maximum Gasteiger partial charge on any atom is 0.573 e. The van der Waals surface area contributed by atoms with Crippen LogP contribution in [0, 0.1) is 0 Å². The SMILES string of the molecule is COc1ccc(OC)c(C(=O)N(CCN(C)C)c2nc3ccc(OC(F)(F)F)cc3s2)c1.Cl. The highest BCUT2D eigenvalue weighted by molar-refractivity contribution is 7.22. The second kappa shape index (κ2) is 10.9. The summed E-state index contributed by atoms with van der Waals surface area (Å²) in [6.45, 7) is 0.842. The molecule has 0 radical (unpaired) electrons. The van der Waals surface area contributed by atoms with Gasteiger partial charge >= 0.3 is 6.36 Å². The molecule has 0 unspecified atom stereocenters. The van der Waals surface area contributed by atoms with E-state index in [1.165, 1.54) is 37.3 Å².